The molecule has 0 radical (unpaired) electrons. The Morgan fingerprint density at radius 1 is 0.724 bits per heavy atom. The van der Waals surface area contributed by atoms with E-state index in [0.717, 1.165) is 16.7 Å². The van der Waals surface area contributed by atoms with Gasteiger partial charge in [0.2, 0.25) is 0 Å². The normalized spacial score (nSPS) is 14.9. The summed E-state index contributed by atoms with van der Waals surface area (Å²) in [4.78, 5) is 13.1. The van der Waals surface area contributed by atoms with Crippen molar-refractivity contribution in [3.63, 3.8) is 0 Å². The Bertz CT molecular complexity index is 814. The molecule has 1 heterocycles. The number of rotatable bonds is 5. The zero-order chi connectivity index (χ0) is 19.9. The summed E-state index contributed by atoms with van der Waals surface area (Å²) < 4.78 is 5.38. The Kier molecular flexibility index (Phi) is 5.89. The van der Waals surface area contributed by atoms with Gasteiger partial charge < -0.3 is 10.1 Å². The van der Waals surface area contributed by atoms with Gasteiger partial charge >= 0.3 is 6.03 Å². The number of morpholine rings is 1. The van der Waals surface area contributed by atoms with Gasteiger partial charge in [0, 0.05) is 13.1 Å². The molecule has 2 N–H and O–H groups in total. The zero-order valence-corrected chi connectivity index (χ0v) is 16.3. The molecule has 3 aromatic carbocycles. The molecule has 2 amide bonds. The Morgan fingerprint density at radius 2 is 1.14 bits per heavy atom. The lowest BCUT2D eigenvalue weighted by Crippen LogP contribution is -2.57. The van der Waals surface area contributed by atoms with Gasteiger partial charge in [0.05, 0.1) is 13.2 Å². The second-order valence-electron chi connectivity index (χ2n) is 7.01. The molecule has 0 saturated carbocycles. The smallest absolute Gasteiger partial charge is 0.330 e. The van der Waals surface area contributed by atoms with Crippen LogP contribution in [-0.2, 0) is 10.3 Å². The van der Waals surface area contributed by atoms with Crippen LogP contribution in [0.3, 0.4) is 0 Å². The number of carbonyl (C=O) groups is 1. The van der Waals surface area contributed by atoms with Crippen molar-refractivity contribution in [1.29, 1.82) is 0 Å². The quantitative estimate of drug-likeness (QED) is 0.659. The summed E-state index contributed by atoms with van der Waals surface area (Å²) in [7, 11) is 0. The van der Waals surface area contributed by atoms with Crippen molar-refractivity contribution >= 4 is 6.03 Å². The lowest BCUT2D eigenvalue weighted by Gasteiger charge is -2.38. The van der Waals surface area contributed by atoms with Crippen LogP contribution in [0.1, 0.15) is 16.7 Å². The van der Waals surface area contributed by atoms with E-state index < -0.39 is 5.54 Å². The van der Waals surface area contributed by atoms with E-state index in [1.165, 1.54) is 0 Å². The molecule has 0 atom stereocenters. The highest BCUT2D eigenvalue weighted by atomic mass is 16.5. The number of nitrogens with zero attached hydrogens (tertiary/aromatic N) is 1. The molecule has 3 aromatic rings. The second kappa shape index (κ2) is 8.90. The number of hydrazine groups is 1. The SMILES string of the molecule is O=C(NN1CCOCC1)NC(c1ccccc1)(c1ccccc1)c1ccccc1. The van der Waals surface area contributed by atoms with Crippen molar-refractivity contribution in [2.75, 3.05) is 26.3 Å². The number of amides is 2. The first-order valence-electron chi connectivity index (χ1n) is 9.87. The predicted octanol–water partition coefficient (Wildman–Crippen LogP) is 3.52. The van der Waals surface area contributed by atoms with E-state index in [2.05, 4.69) is 47.1 Å². The first-order valence-corrected chi connectivity index (χ1v) is 9.87. The van der Waals surface area contributed by atoms with Gasteiger partial charge in [0.15, 0.2) is 0 Å². The first-order chi connectivity index (χ1) is 14.3. The van der Waals surface area contributed by atoms with Crippen LogP contribution in [0.2, 0.25) is 0 Å². The fourth-order valence-electron chi connectivity index (χ4n) is 3.80. The number of urea groups is 1. The Balaban J connectivity index is 1.78. The fraction of sp³-hybridized carbons (Fsp3) is 0.208. The molecule has 0 unspecified atom stereocenters. The van der Waals surface area contributed by atoms with Crippen LogP contribution in [0.5, 0.6) is 0 Å². The van der Waals surface area contributed by atoms with E-state index >= 15 is 0 Å². The summed E-state index contributed by atoms with van der Waals surface area (Å²) in [6.45, 7) is 2.56. The average Bonchev–Trinajstić information content (AvgIpc) is 2.80. The van der Waals surface area contributed by atoms with Crippen molar-refractivity contribution in [3.8, 4) is 0 Å². The van der Waals surface area contributed by atoms with E-state index in [-0.39, 0.29) is 6.03 Å². The van der Waals surface area contributed by atoms with E-state index in [9.17, 15) is 4.79 Å². The van der Waals surface area contributed by atoms with Crippen LogP contribution in [0.4, 0.5) is 4.79 Å². The highest BCUT2D eigenvalue weighted by molar-refractivity contribution is 5.77. The number of nitrogens with one attached hydrogen (secondary N) is 2. The standard InChI is InChI=1S/C24H25N3O2/c28-23(26-27-16-18-29-19-17-27)25-24(20-10-4-1-5-11-20,21-12-6-2-7-13-21)22-14-8-3-9-15-22/h1-15H,16-19H2,(H2,25,26,28). The Labute approximate surface area is 171 Å². The monoisotopic (exact) mass is 387 g/mol. The van der Waals surface area contributed by atoms with Gasteiger partial charge in [-0.3, -0.25) is 5.43 Å². The average molecular weight is 387 g/mol. The maximum atomic E-state index is 13.1. The van der Waals surface area contributed by atoms with E-state index in [1.54, 1.807) is 0 Å². The molecule has 5 nitrogen and oxygen atoms in total. The van der Waals surface area contributed by atoms with Crippen LogP contribution >= 0.6 is 0 Å². The van der Waals surface area contributed by atoms with Crippen molar-refractivity contribution in [3.05, 3.63) is 108 Å². The highest BCUT2D eigenvalue weighted by Gasteiger charge is 2.38. The number of ether oxygens (including phenoxy) is 1. The van der Waals surface area contributed by atoms with Crippen LogP contribution in [0.15, 0.2) is 91.0 Å². The molecule has 0 bridgehead atoms. The van der Waals surface area contributed by atoms with Crippen molar-refractivity contribution < 1.29 is 9.53 Å². The van der Waals surface area contributed by atoms with Crippen LogP contribution in [-0.4, -0.2) is 37.3 Å². The van der Waals surface area contributed by atoms with E-state index in [1.807, 2.05) is 59.6 Å². The minimum Gasteiger partial charge on any atom is -0.379 e. The molecule has 0 aliphatic carbocycles. The van der Waals surface area contributed by atoms with Gasteiger partial charge in [-0.25, -0.2) is 9.80 Å². The molecule has 4 rings (SSSR count). The second-order valence-corrected chi connectivity index (χ2v) is 7.01. The van der Waals surface area contributed by atoms with E-state index in [0.29, 0.717) is 26.3 Å². The third-order valence-corrected chi connectivity index (χ3v) is 5.19. The van der Waals surface area contributed by atoms with Crippen molar-refractivity contribution in [2.45, 2.75) is 5.54 Å². The zero-order valence-electron chi connectivity index (χ0n) is 16.3. The molecule has 0 spiro atoms. The Hall–Kier alpha value is -3.15. The largest absolute Gasteiger partial charge is 0.379 e. The van der Waals surface area contributed by atoms with Gasteiger partial charge in [0.25, 0.3) is 0 Å². The molecule has 1 saturated heterocycles. The molecule has 5 heteroatoms. The summed E-state index contributed by atoms with van der Waals surface area (Å²) >= 11 is 0. The number of carbonyl (C=O) groups excluding carboxylic acids is 1. The fourth-order valence-corrected chi connectivity index (χ4v) is 3.80. The maximum absolute atomic E-state index is 13.1. The minimum absolute atomic E-state index is 0.247. The van der Waals surface area contributed by atoms with E-state index in [4.69, 9.17) is 4.74 Å². The summed E-state index contributed by atoms with van der Waals surface area (Å²) in [6, 6.07) is 30.0. The topological polar surface area (TPSA) is 53.6 Å². The van der Waals surface area contributed by atoms with Gasteiger partial charge in [0.1, 0.15) is 5.54 Å². The maximum Gasteiger partial charge on any atom is 0.330 e. The van der Waals surface area contributed by atoms with Crippen molar-refractivity contribution in [1.82, 2.24) is 15.8 Å². The third kappa shape index (κ3) is 4.16. The summed E-state index contributed by atoms with van der Waals surface area (Å²) in [5.74, 6) is 0. The molecular weight excluding hydrogens is 362 g/mol. The lowest BCUT2D eigenvalue weighted by atomic mass is 9.77. The first kappa shape index (κ1) is 19.2. The van der Waals surface area contributed by atoms with Gasteiger partial charge in [-0.05, 0) is 16.7 Å². The molecule has 1 aliphatic rings. The van der Waals surface area contributed by atoms with Gasteiger partial charge in [-0.2, -0.15) is 0 Å². The minimum atomic E-state index is -0.819. The lowest BCUT2D eigenvalue weighted by molar-refractivity contribution is 0.0191. The Morgan fingerprint density at radius 3 is 1.55 bits per heavy atom. The summed E-state index contributed by atoms with van der Waals surface area (Å²) in [5.41, 5.74) is 5.15. The summed E-state index contributed by atoms with van der Waals surface area (Å²) in [5, 5.41) is 5.19. The predicted molar refractivity (Wildman–Crippen MR) is 113 cm³/mol. The third-order valence-electron chi connectivity index (χ3n) is 5.19. The molecule has 1 aliphatic heterocycles. The number of benzene rings is 3. The van der Waals surface area contributed by atoms with Crippen LogP contribution in [0.25, 0.3) is 0 Å². The highest BCUT2D eigenvalue weighted by Crippen LogP contribution is 2.36. The molecule has 1 fully saturated rings. The number of hydrogen-bond donors (Lipinski definition) is 2. The molecule has 29 heavy (non-hydrogen) atoms. The van der Waals surface area contributed by atoms with Crippen molar-refractivity contribution in [2.24, 2.45) is 0 Å². The molecule has 148 valence electrons. The van der Waals surface area contributed by atoms with Crippen LogP contribution < -0.4 is 10.7 Å². The van der Waals surface area contributed by atoms with Gasteiger partial charge in [-0.1, -0.05) is 91.0 Å². The van der Waals surface area contributed by atoms with Crippen LogP contribution in [0, 0.1) is 0 Å². The molecular formula is C24H25N3O2. The summed E-state index contributed by atoms with van der Waals surface area (Å²) in [6.07, 6.45) is 0. The number of hydrogen-bond acceptors (Lipinski definition) is 3. The van der Waals surface area contributed by atoms with Gasteiger partial charge in [-0.15, -0.1) is 0 Å². The molecule has 0 aromatic heterocycles.